The summed E-state index contributed by atoms with van der Waals surface area (Å²) in [4.78, 5) is 12.1. The summed E-state index contributed by atoms with van der Waals surface area (Å²) in [7, 11) is 0. The molecule has 0 unspecified atom stereocenters. The van der Waals surface area contributed by atoms with Crippen molar-refractivity contribution in [2.24, 2.45) is 17.3 Å². The van der Waals surface area contributed by atoms with Crippen molar-refractivity contribution >= 4 is 5.91 Å². The fraction of sp³-hybridized carbons (Fsp3) is 0.933. The van der Waals surface area contributed by atoms with E-state index in [9.17, 15) is 23.1 Å². The fourth-order valence-electron chi connectivity index (χ4n) is 3.62. The molecule has 1 amide bonds. The van der Waals surface area contributed by atoms with E-state index in [1.807, 2.05) is 0 Å². The molecule has 2 N–H and O–H groups in total. The highest BCUT2D eigenvalue weighted by atomic mass is 19.4. The van der Waals surface area contributed by atoms with Crippen LogP contribution in [0.3, 0.4) is 0 Å². The standard InChI is InChI=1S/C15H24F3NO2/c16-15(17,18)12-5-3-11(4-6-12)13(21)19-9-14(10-20)7-1-2-8-14/h11-12,20H,1-10H2,(H,19,21). The summed E-state index contributed by atoms with van der Waals surface area (Å²) in [6.07, 6.45) is 0.519. The molecule has 0 aromatic carbocycles. The first-order valence-electron chi connectivity index (χ1n) is 7.82. The van der Waals surface area contributed by atoms with Crippen molar-refractivity contribution in [2.45, 2.75) is 57.5 Å². The Bertz CT molecular complexity index is 356. The van der Waals surface area contributed by atoms with Crippen molar-refractivity contribution in [3.63, 3.8) is 0 Å². The minimum atomic E-state index is -4.13. The van der Waals surface area contributed by atoms with Crippen LogP contribution in [0, 0.1) is 17.3 Å². The second-order valence-electron chi connectivity index (χ2n) is 6.67. The first-order chi connectivity index (χ1) is 9.86. The summed E-state index contributed by atoms with van der Waals surface area (Å²) >= 11 is 0. The molecule has 0 radical (unpaired) electrons. The van der Waals surface area contributed by atoms with Gasteiger partial charge in [-0.3, -0.25) is 4.79 Å². The minimum absolute atomic E-state index is 0.0483. The van der Waals surface area contributed by atoms with Gasteiger partial charge in [0.2, 0.25) is 5.91 Å². The smallest absolute Gasteiger partial charge is 0.391 e. The van der Waals surface area contributed by atoms with Gasteiger partial charge in [0, 0.05) is 17.9 Å². The van der Waals surface area contributed by atoms with Crippen LogP contribution in [0.25, 0.3) is 0 Å². The van der Waals surface area contributed by atoms with E-state index in [1.165, 1.54) is 0 Å². The molecule has 0 bridgehead atoms. The number of carbonyl (C=O) groups is 1. The normalized spacial score (nSPS) is 29.3. The van der Waals surface area contributed by atoms with E-state index in [1.54, 1.807) is 0 Å². The number of rotatable bonds is 4. The molecule has 2 rings (SSSR count). The predicted octanol–water partition coefficient (Wildman–Crippen LogP) is 3.02. The Morgan fingerprint density at radius 3 is 2.19 bits per heavy atom. The lowest BCUT2D eigenvalue weighted by Gasteiger charge is -2.31. The average Bonchev–Trinajstić information content (AvgIpc) is 2.93. The van der Waals surface area contributed by atoms with Crippen LogP contribution in [0.4, 0.5) is 13.2 Å². The van der Waals surface area contributed by atoms with Gasteiger partial charge in [-0.15, -0.1) is 0 Å². The lowest BCUT2D eigenvalue weighted by atomic mass is 9.81. The first-order valence-corrected chi connectivity index (χ1v) is 7.82. The van der Waals surface area contributed by atoms with E-state index < -0.39 is 12.1 Å². The van der Waals surface area contributed by atoms with Gasteiger partial charge >= 0.3 is 6.18 Å². The van der Waals surface area contributed by atoms with Crippen LogP contribution in [0.5, 0.6) is 0 Å². The number of hydrogen-bond donors (Lipinski definition) is 2. The van der Waals surface area contributed by atoms with Gasteiger partial charge in [-0.1, -0.05) is 12.8 Å². The van der Waals surface area contributed by atoms with E-state index in [0.29, 0.717) is 19.4 Å². The maximum atomic E-state index is 12.6. The number of carbonyl (C=O) groups excluding carboxylic acids is 1. The molecule has 6 heteroatoms. The van der Waals surface area contributed by atoms with Crippen molar-refractivity contribution in [1.29, 1.82) is 0 Å². The van der Waals surface area contributed by atoms with E-state index in [0.717, 1.165) is 25.7 Å². The summed E-state index contributed by atoms with van der Waals surface area (Å²) in [6.45, 7) is 0.510. The summed E-state index contributed by atoms with van der Waals surface area (Å²) in [5.41, 5.74) is -0.209. The summed E-state index contributed by atoms with van der Waals surface area (Å²) in [6, 6.07) is 0. The SMILES string of the molecule is O=C(NCC1(CO)CCCC1)C1CCC(C(F)(F)F)CC1. The highest BCUT2D eigenvalue weighted by Gasteiger charge is 2.42. The van der Waals surface area contributed by atoms with Crippen LogP contribution < -0.4 is 5.32 Å². The molecule has 21 heavy (non-hydrogen) atoms. The number of nitrogens with one attached hydrogen (secondary N) is 1. The Balaban J connectivity index is 1.77. The molecule has 122 valence electrons. The number of amides is 1. The van der Waals surface area contributed by atoms with Gasteiger partial charge in [-0.05, 0) is 38.5 Å². The molecule has 2 saturated carbocycles. The maximum absolute atomic E-state index is 12.6. The molecule has 0 aliphatic heterocycles. The molecule has 2 aliphatic rings. The van der Waals surface area contributed by atoms with Crippen LogP contribution in [-0.4, -0.2) is 30.3 Å². The fourth-order valence-corrected chi connectivity index (χ4v) is 3.62. The van der Waals surface area contributed by atoms with Crippen LogP contribution in [0.1, 0.15) is 51.4 Å². The third-order valence-electron chi connectivity index (χ3n) is 5.20. The molecular formula is C15H24F3NO2. The molecule has 0 heterocycles. The van der Waals surface area contributed by atoms with Crippen LogP contribution in [-0.2, 0) is 4.79 Å². The van der Waals surface area contributed by atoms with Gasteiger partial charge in [-0.2, -0.15) is 13.2 Å². The average molecular weight is 307 g/mol. The predicted molar refractivity (Wildman–Crippen MR) is 72.5 cm³/mol. The van der Waals surface area contributed by atoms with Gasteiger partial charge in [0.15, 0.2) is 0 Å². The van der Waals surface area contributed by atoms with Crippen LogP contribution in [0.15, 0.2) is 0 Å². The Kier molecular flexibility index (Phi) is 5.17. The lowest BCUT2D eigenvalue weighted by Crippen LogP contribution is -2.42. The van der Waals surface area contributed by atoms with Crippen molar-refractivity contribution in [3.8, 4) is 0 Å². The largest absolute Gasteiger partial charge is 0.396 e. The second-order valence-corrected chi connectivity index (χ2v) is 6.67. The maximum Gasteiger partial charge on any atom is 0.391 e. The number of aliphatic hydroxyl groups is 1. The van der Waals surface area contributed by atoms with Gasteiger partial charge < -0.3 is 10.4 Å². The molecule has 0 saturated heterocycles. The zero-order chi connectivity index (χ0) is 15.5. The Hall–Kier alpha value is -0.780. The van der Waals surface area contributed by atoms with E-state index in [2.05, 4.69) is 5.32 Å². The van der Waals surface area contributed by atoms with E-state index in [4.69, 9.17) is 0 Å². The van der Waals surface area contributed by atoms with E-state index >= 15 is 0 Å². The van der Waals surface area contributed by atoms with Gasteiger partial charge in [0.1, 0.15) is 0 Å². The lowest BCUT2D eigenvalue weighted by molar-refractivity contribution is -0.184. The molecule has 0 aromatic heterocycles. The number of aliphatic hydroxyl groups excluding tert-OH is 1. The summed E-state index contributed by atoms with van der Waals surface area (Å²) in [5.74, 6) is -1.70. The molecule has 0 aromatic rings. The number of hydrogen-bond acceptors (Lipinski definition) is 2. The van der Waals surface area contributed by atoms with Gasteiger partial charge in [0.25, 0.3) is 0 Å². The summed E-state index contributed by atoms with van der Waals surface area (Å²) < 4.78 is 37.8. The second kappa shape index (κ2) is 6.55. The van der Waals surface area contributed by atoms with Crippen molar-refractivity contribution in [3.05, 3.63) is 0 Å². The third kappa shape index (κ3) is 4.11. The molecular weight excluding hydrogens is 283 g/mol. The minimum Gasteiger partial charge on any atom is -0.396 e. The molecule has 2 aliphatic carbocycles. The highest BCUT2D eigenvalue weighted by molar-refractivity contribution is 5.78. The van der Waals surface area contributed by atoms with Crippen LogP contribution >= 0.6 is 0 Å². The van der Waals surface area contributed by atoms with Gasteiger partial charge in [-0.25, -0.2) is 0 Å². The highest BCUT2D eigenvalue weighted by Crippen LogP contribution is 2.40. The van der Waals surface area contributed by atoms with Crippen molar-refractivity contribution < 1.29 is 23.1 Å². The molecule has 2 fully saturated rings. The first kappa shape index (κ1) is 16.6. The van der Waals surface area contributed by atoms with Crippen LogP contribution in [0.2, 0.25) is 0 Å². The number of alkyl halides is 3. The third-order valence-corrected chi connectivity index (χ3v) is 5.20. The monoisotopic (exact) mass is 307 g/mol. The van der Waals surface area contributed by atoms with Crippen molar-refractivity contribution in [1.82, 2.24) is 5.32 Å². The molecule has 0 atom stereocenters. The topological polar surface area (TPSA) is 49.3 Å². The zero-order valence-electron chi connectivity index (χ0n) is 12.2. The molecule has 3 nitrogen and oxygen atoms in total. The summed E-state index contributed by atoms with van der Waals surface area (Å²) in [5, 5.41) is 12.3. The molecule has 0 spiro atoms. The zero-order valence-corrected chi connectivity index (χ0v) is 12.2. The number of halogens is 3. The van der Waals surface area contributed by atoms with E-state index in [-0.39, 0.29) is 36.7 Å². The van der Waals surface area contributed by atoms with Crippen molar-refractivity contribution in [2.75, 3.05) is 13.2 Å². The Labute approximate surface area is 123 Å². The Morgan fingerprint density at radius 1 is 1.14 bits per heavy atom. The Morgan fingerprint density at radius 2 is 1.71 bits per heavy atom. The van der Waals surface area contributed by atoms with Gasteiger partial charge in [0.05, 0.1) is 12.5 Å². The quantitative estimate of drug-likeness (QED) is 0.839.